The number of aliphatic hydroxyl groups is 1. The summed E-state index contributed by atoms with van der Waals surface area (Å²) in [6, 6.07) is 21.5. The fourth-order valence-corrected chi connectivity index (χ4v) is 12.5. The number of ether oxygens (including phenoxy) is 3. The molecule has 440 valence electrons. The lowest BCUT2D eigenvalue weighted by atomic mass is 9.88. The zero-order chi connectivity index (χ0) is 58.6. The summed E-state index contributed by atoms with van der Waals surface area (Å²) < 4.78 is 37.1. The maximum atomic E-state index is 16.0. The van der Waals surface area contributed by atoms with Crippen molar-refractivity contribution in [2.45, 2.75) is 135 Å². The standard InChI is InChI=1S/C48H55FN10O4.C14H13ClN2O2.C2H6/c1-26(2)44(47(60)57-15-5-6-27(57)3)59-24-40(55-56-59)31-9-7-29(8-10-31)25-62-45-42(41-28(4)38(49)20-39-37(41)22-51-54-39)35(30-11-12-30)19-36-43(45)52-48(63-34-13-16-61-17-14-34)53-46(36)58-23-32-18-33(58)21-50-32;15-13-5-6-16-7-12(13)10-1-3-11(4-2-10)14(8-18)17-9-19;1-2/h7-10,19-20,22,24,26-27,30,32-34,44,50H,5-6,11-18,21,23,25H2,1-4H3,(H,51,54);1-7,9,14,18H,8H2,(H,17,19);1-2H3. The average molecular weight is 1160 g/mol. The Morgan fingerprint density at radius 2 is 1.75 bits per heavy atom. The van der Waals surface area contributed by atoms with Crippen LogP contribution in [0, 0.1) is 18.7 Å². The molecular weight excluding hydrogens is 1090 g/mol. The first-order valence-electron chi connectivity index (χ1n) is 29.6. The van der Waals surface area contributed by atoms with Crippen molar-refractivity contribution in [2.24, 2.45) is 5.92 Å². The van der Waals surface area contributed by atoms with Gasteiger partial charge in [0.1, 0.15) is 41.6 Å². The third-order valence-electron chi connectivity index (χ3n) is 16.9. The molecule has 1 saturated carbocycles. The summed E-state index contributed by atoms with van der Waals surface area (Å²) in [5.74, 6) is 1.54. The Hall–Kier alpha value is -7.58. The number of likely N-dealkylation sites (tertiary alicyclic amines) is 1. The highest BCUT2D eigenvalue weighted by atomic mass is 35.5. The fourth-order valence-electron chi connectivity index (χ4n) is 12.3. The van der Waals surface area contributed by atoms with Crippen molar-refractivity contribution >= 4 is 51.5 Å². The molecule has 4 saturated heterocycles. The smallest absolute Gasteiger partial charge is 0.319 e. The van der Waals surface area contributed by atoms with Crippen LogP contribution in [0.5, 0.6) is 11.8 Å². The van der Waals surface area contributed by atoms with Gasteiger partial charge in [0.05, 0.1) is 48.8 Å². The number of anilines is 1. The summed E-state index contributed by atoms with van der Waals surface area (Å²) in [4.78, 5) is 43.0. The number of hydrogen-bond acceptors (Lipinski definition) is 14. The molecular formula is C64H74ClFN12O6. The van der Waals surface area contributed by atoms with E-state index in [4.69, 9.17) is 35.8 Å². The molecule has 5 unspecified atom stereocenters. The van der Waals surface area contributed by atoms with E-state index >= 15 is 4.39 Å². The molecule has 0 spiro atoms. The highest BCUT2D eigenvalue weighted by Gasteiger charge is 2.41. The third-order valence-corrected chi connectivity index (χ3v) is 17.2. The molecule has 4 N–H and O–H groups in total. The minimum atomic E-state index is -0.427. The number of fused-ring (bicyclic) bond motifs is 4. The van der Waals surface area contributed by atoms with Crippen molar-refractivity contribution in [1.29, 1.82) is 0 Å². The molecule has 18 nitrogen and oxygen atoms in total. The number of halogens is 2. The highest BCUT2D eigenvalue weighted by Crippen LogP contribution is 2.53. The van der Waals surface area contributed by atoms with Gasteiger partial charge in [-0.1, -0.05) is 93.0 Å². The van der Waals surface area contributed by atoms with Crippen LogP contribution in [0.4, 0.5) is 10.2 Å². The second kappa shape index (κ2) is 25.7. The number of amides is 2. The number of nitrogens with one attached hydrogen (secondary N) is 3. The van der Waals surface area contributed by atoms with Gasteiger partial charge < -0.3 is 39.8 Å². The molecule has 13 rings (SSSR count). The highest BCUT2D eigenvalue weighted by molar-refractivity contribution is 6.33. The topological polar surface area (TPSA) is 211 Å². The molecule has 4 aromatic heterocycles. The van der Waals surface area contributed by atoms with Gasteiger partial charge in [0, 0.05) is 96.0 Å². The van der Waals surface area contributed by atoms with Crippen molar-refractivity contribution in [3.05, 3.63) is 125 Å². The van der Waals surface area contributed by atoms with Crippen molar-refractivity contribution in [2.75, 3.05) is 44.4 Å². The maximum absolute atomic E-state index is 16.0. The molecule has 5 fully saturated rings. The molecule has 2 amide bonds. The van der Waals surface area contributed by atoms with Crippen molar-refractivity contribution in [1.82, 2.24) is 55.7 Å². The average Bonchev–Trinajstić information content (AvgIpc) is 3.70. The molecule has 0 radical (unpaired) electrons. The zero-order valence-corrected chi connectivity index (χ0v) is 49.3. The van der Waals surface area contributed by atoms with E-state index in [1.807, 2.05) is 80.4 Å². The Morgan fingerprint density at radius 1 is 0.976 bits per heavy atom. The van der Waals surface area contributed by atoms with Gasteiger partial charge in [0.25, 0.3) is 0 Å². The summed E-state index contributed by atoms with van der Waals surface area (Å²) >= 11 is 6.10. The minimum Gasteiger partial charge on any atom is -0.486 e. The molecule has 2 bridgehead atoms. The molecule has 5 aliphatic rings. The summed E-state index contributed by atoms with van der Waals surface area (Å²) in [6.45, 7) is 15.9. The van der Waals surface area contributed by atoms with Gasteiger partial charge in [0.2, 0.25) is 12.3 Å². The number of pyridine rings is 1. The largest absolute Gasteiger partial charge is 0.486 e. The lowest BCUT2D eigenvalue weighted by molar-refractivity contribution is -0.137. The SMILES string of the molecule is CC.Cc1c(F)cc2[nH]ncc2c1-c1c(C2CC2)cc2c(N3CC4CC3CN4)nc(OC3CCOCC3)nc2c1OCc1ccc(-c2cn(C(C(=O)N3CCCC3C)C(C)C)nn2)cc1.O=CNC(CO)c1ccc(-c2cnccc2Cl)cc1. The summed E-state index contributed by atoms with van der Waals surface area (Å²) in [5.41, 5.74) is 9.61. The number of carbonyl (C=O) groups is 2. The Kier molecular flexibility index (Phi) is 17.8. The van der Waals surface area contributed by atoms with E-state index in [2.05, 4.69) is 67.9 Å². The van der Waals surface area contributed by atoms with Crippen molar-refractivity contribution in [3.63, 3.8) is 0 Å². The first-order chi connectivity index (χ1) is 40.9. The van der Waals surface area contributed by atoms with E-state index < -0.39 is 12.1 Å². The number of aliphatic hydroxyl groups excluding tert-OH is 1. The summed E-state index contributed by atoms with van der Waals surface area (Å²) in [5, 5.41) is 34.1. The normalized spacial score (nSPS) is 19.2. The second-order valence-corrected chi connectivity index (χ2v) is 23.1. The van der Waals surface area contributed by atoms with E-state index in [0.29, 0.717) is 70.8 Å². The zero-order valence-electron chi connectivity index (χ0n) is 48.5. The summed E-state index contributed by atoms with van der Waals surface area (Å²) in [7, 11) is 0. The van der Waals surface area contributed by atoms with Gasteiger partial charge >= 0.3 is 6.01 Å². The van der Waals surface area contributed by atoms with Crippen LogP contribution < -0.4 is 25.0 Å². The lowest BCUT2D eigenvalue weighted by Crippen LogP contribution is -2.44. The molecule has 4 aromatic carbocycles. The van der Waals surface area contributed by atoms with Crippen LogP contribution in [0.25, 0.3) is 55.3 Å². The lowest BCUT2D eigenvalue weighted by Gasteiger charge is -2.31. The Balaban J connectivity index is 0.000000297. The number of nitrogens with zero attached hydrogens (tertiary/aromatic N) is 9. The molecule has 84 heavy (non-hydrogen) atoms. The Bertz CT molecular complexity index is 3610. The van der Waals surface area contributed by atoms with E-state index in [0.717, 1.165) is 126 Å². The van der Waals surface area contributed by atoms with Crippen LogP contribution in [0.1, 0.15) is 120 Å². The van der Waals surface area contributed by atoms with Gasteiger partial charge in [0.15, 0.2) is 5.75 Å². The predicted molar refractivity (Wildman–Crippen MR) is 322 cm³/mol. The maximum Gasteiger partial charge on any atom is 0.319 e. The van der Waals surface area contributed by atoms with E-state index in [-0.39, 0.29) is 48.9 Å². The Labute approximate surface area is 493 Å². The van der Waals surface area contributed by atoms with Crippen LogP contribution in [0.2, 0.25) is 5.02 Å². The van der Waals surface area contributed by atoms with Crippen molar-refractivity contribution < 1.29 is 33.3 Å². The Morgan fingerprint density at radius 3 is 2.42 bits per heavy atom. The molecule has 8 heterocycles. The van der Waals surface area contributed by atoms with Gasteiger partial charge in [-0.05, 0) is 104 Å². The number of hydrogen-bond donors (Lipinski definition) is 4. The number of carbonyl (C=O) groups excluding carboxylic acids is 2. The van der Waals surface area contributed by atoms with Gasteiger partial charge in [-0.25, -0.2) is 9.07 Å². The van der Waals surface area contributed by atoms with Crippen LogP contribution >= 0.6 is 11.6 Å². The first-order valence-corrected chi connectivity index (χ1v) is 30.0. The molecule has 8 aromatic rings. The number of benzene rings is 4. The first kappa shape index (κ1) is 58.2. The van der Waals surface area contributed by atoms with E-state index in [1.54, 1.807) is 29.3 Å². The quantitative estimate of drug-likeness (QED) is 0.0625. The number of rotatable bonds is 17. The van der Waals surface area contributed by atoms with Crippen LogP contribution in [0.3, 0.4) is 0 Å². The van der Waals surface area contributed by atoms with Crippen LogP contribution in [-0.2, 0) is 20.9 Å². The number of aromatic amines is 1. The minimum absolute atomic E-state index is 0.0490. The van der Waals surface area contributed by atoms with Gasteiger partial charge in [-0.15, -0.1) is 5.10 Å². The van der Waals surface area contributed by atoms with Crippen LogP contribution in [0.15, 0.2) is 91.5 Å². The number of H-pyrrole nitrogens is 1. The van der Waals surface area contributed by atoms with Gasteiger partial charge in [-0.2, -0.15) is 15.1 Å². The number of aromatic nitrogens is 8. The van der Waals surface area contributed by atoms with Gasteiger partial charge in [-0.3, -0.25) is 19.7 Å². The molecule has 5 atom stereocenters. The van der Waals surface area contributed by atoms with Crippen molar-refractivity contribution in [3.8, 4) is 45.3 Å². The predicted octanol–water partition coefficient (Wildman–Crippen LogP) is 10.9. The van der Waals surface area contributed by atoms with E-state index in [1.165, 1.54) is 6.07 Å². The summed E-state index contributed by atoms with van der Waals surface area (Å²) in [6.07, 6.45) is 14.2. The third kappa shape index (κ3) is 12.1. The molecule has 4 aliphatic heterocycles. The monoisotopic (exact) mass is 1160 g/mol. The second-order valence-electron chi connectivity index (χ2n) is 22.7. The fraction of sp³-hybridized carbons (Fsp3) is 0.438. The van der Waals surface area contributed by atoms with Crippen LogP contribution in [-0.4, -0.2) is 126 Å². The molecule has 20 heteroatoms. The molecule has 1 aliphatic carbocycles. The van der Waals surface area contributed by atoms with E-state index in [9.17, 15) is 14.7 Å². The number of piperazine rings is 1.